The topological polar surface area (TPSA) is 159 Å². The van der Waals surface area contributed by atoms with E-state index >= 15 is 0 Å². The van der Waals surface area contributed by atoms with Gasteiger partial charge in [0.15, 0.2) is 0 Å². The van der Waals surface area contributed by atoms with Crippen LogP contribution in [0.15, 0.2) is 28.4 Å². The standard InChI is InChI=1S/C19H29N2O10P/c1-5-13(30-32(25,26)31-14-6-11(3)28-15(14)9-27-4)17-12(22)7-16(29-17)21-8-10(2)18(23)20-19(21)24/h5,8,11-17,22H,1,6-7,9H2,2-4H3,(H,25,26)(H,20,23,24)/t11-,12+,13?,14+,15+,16+,17-/m0/s1. The molecule has 0 saturated carbocycles. The molecule has 2 unspecified atom stereocenters. The number of aliphatic hydroxyl groups excluding tert-OH is 1. The van der Waals surface area contributed by atoms with Crippen LogP contribution in [-0.2, 0) is 27.8 Å². The lowest BCUT2D eigenvalue weighted by Gasteiger charge is -2.27. The second kappa shape index (κ2) is 10.1. The quantitative estimate of drug-likeness (QED) is 0.336. The molecule has 1 aromatic heterocycles. The zero-order valence-electron chi connectivity index (χ0n) is 18.1. The van der Waals surface area contributed by atoms with E-state index in [1.807, 2.05) is 6.92 Å². The van der Waals surface area contributed by atoms with Crippen molar-refractivity contribution in [1.82, 2.24) is 9.55 Å². The van der Waals surface area contributed by atoms with Crippen molar-refractivity contribution in [2.24, 2.45) is 0 Å². The number of aromatic amines is 1. The first-order valence-electron chi connectivity index (χ1n) is 10.2. The van der Waals surface area contributed by atoms with Crippen LogP contribution in [0.4, 0.5) is 0 Å². The van der Waals surface area contributed by atoms with Crippen LogP contribution in [0.25, 0.3) is 0 Å². The number of hydrogen-bond acceptors (Lipinski definition) is 9. The molecule has 2 aliphatic heterocycles. The molecular weight excluding hydrogens is 447 g/mol. The molecule has 0 aromatic carbocycles. The molecule has 13 heteroatoms. The third-order valence-electron chi connectivity index (χ3n) is 5.39. The first-order valence-corrected chi connectivity index (χ1v) is 11.7. The van der Waals surface area contributed by atoms with Gasteiger partial charge in [0, 0.05) is 31.7 Å². The maximum Gasteiger partial charge on any atom is 0.473 e. The van der Waals surface area contributed by atoms with E-state index in [1.54, 1.807) is 0 Å². The predicted molar refractivity (Wildman–Crippen MR) is 111 cm³/mol. The molecule has 12 nitrogen and oxygen atoms in total. The fourth-order valence-electron chi connectivity index (χ4n) is 3.87. The minimum absolute atomic E-state index is 0.00969. The monoisotopic (exact) mass is 476 g/mol. The average molecular weight is 476 g/mol. The molecule has 0 bridgehead atoms. The molecule has 0 spiro atoms. The number of ether oxygens (including phenoxy) is 3. The van der Waals surface area contributed by atoms with Crippen molar-refractivity contribution in [3.63, 3.8) is 0 Å². The minimum Gasteiger partial charge on any atom is -0.390 e. The van der Waals surface area contributed by atoms with E-state index in [0.717, 1.165) is 4.57 Å². The number of hydrogen-bond donors (Lipinski definition) is 3. The van der Waals surface area contributed by atoms with Gasteiger partial charge in [-0.2, -0.15) is 0 Å². The molecule has 0 amide bonds. The normalized spacial score (nSPS) is 33.2. The van der Waals surface area contributed by atoms with E-state index in [2.05, 4.69) is 11.6 Å². The Morgan fingerprint density at radius 3 is 2.78 bits per heavy atom. The number of phosphoric acid groups is 1. The Bertz CT molecular complexity index is 978. The number of rotatable bonds is 9. The van der Waals surface area contributed by atoms with Crippen LogP contribution in [0.1, 0.15) is 31.6 Å². The largest absolute Gasteiger partial charge is 0.473 e. The third-order valence-corrected chi connectivity index (χ3v) is 6.44. The van der Waals surface area contributed by atoms with Crippen molar-refractivity contribution in [3.05, 3.63) is 45.3 Å². The number of aromatic nitrogens is 2. The van der Waals surface area contributed by atoms with E-state index in [4.69, 9.17) is 23.3 Å². The van der Waals surface area contributed by atoms with Crippen LogP contribution in [0.5, 0.6) is 0 Å². The molecule has 180 valence electrons. The summed E-state index contributed by atoms with van der Waals surface area (Å²) in [6, 6.07) is 0. The lowest BCUT2D eigenvalue weighted by Crippen LogP contribution is -2.36. The Hall–Kier alpha value is -1.63. The Kier molecular flexibility index (Phi) is 7.89. The second-order valence-electron chi connectivity index (χ2n) is 7.93. The summed E-state index contributed by atoms with van der Waals surface area (Å²) in [5.41, 5.74) is -0.941. The second-order valence-corrected chi connectivity index (χ2v) is 9.29. The average Bonchev–Trinajstić information content (AvgIpc) is 3.24. The molecule has 3 N–H and O–H groups in total. The highest BCUT2D eigenvalue weighted by molar-refractivity contribution is 7.47. The van der Waals surface area contributed by atoms with Gasteiger partial charge in [0.25, 0.3) is 5.56 Å². The molecule has 1 aromatic rings. The Labute approximate surface area is 184 Å². The van der Waals surface area contributed by atoms with Crippen LogP contribution in [0.2, 0.25) is 0 Å². The molecule has 2 fully saturated rings. The number of H-pyrrole nitrogens is 1. The summed E-state index contributed by atoms with van der Waals surface area (Å²) in [6.45, 7) is 7.10. The first kappa shape index (κ1) is 25.0. The fraction of sp³-hybridized carbons (Fsp3) is 0.684. The highest BCUT2D eigenvalue weighted by atomic mass is 31.2. The van der Waals surface area contributed by atoms with E-state index < -0.39 is 55.8 Å². The minimum atomic E-state index is -4.61. The molecule has 3 rings (SSSR count). The zero-order valence-corrected chi connectivity index (χ0v) is 19.0. The number of aliphatic hydroxyl groups is 1. The summed E-state index contributed by atoms with van der Waals surface area (Å²) in [5, 5.41) is 10.5. The van der Waals surface area contributed by atoms with Crippen molar-refractivity contribution in [3.8, 4) is 0 Å². The summed E-state index contributed by atoms with van der Waals surface area (Å²) in [5.74, 6) is 0. The molecular formula is C19H29N2O10P. The van der Waals surface area contributed by atoms with Crippen molar-refractivity contribution >= 4 is 7.82 Å². The fourth-order valence-corrected chi connectivity index (χ4v) is 5.00. The van der Waals surface area contributed by atoms with Gasteiger partial charge in [-0.05, 0) is 13.8 Å². The van der Waals surface area contributed by atoms with Crippen LogP contribution in [0, 0.1) is 6.92 Å². The van der Waals surface area contributed by atoms with Gasteiger partial charge in [-0.15, -0.1) is 6.58 Å². The maximum atomic E-state index is 12.7. The smallest absolute Gasteiger partial charge is 0.390 e. The summed E-state index contributed by atoms with van der Waals surface area (Å²) < 4.78 is 40.8. The van der Waals surface area contributed by atoms with Gasteiger partial charge < -0.3 is 24.2 Å². The van der Waals surface area contributed by atoms with Crippen LogP contribution >= 0.6 is 7.82 Å². The lowest BCUT2D eigenvalue weighted by atomic mass is 10.1. The summed E-state index contributed by atoms with van der Waals surface area (Å²) >= 11 is 0. The van der Waals surface area contributed by atoms with E-state index in [0.29, 0.717) is 6.42 Å². The van der Waals surface area contributed by atoms with E-state index in [-0.39, 0.29) is 24.7 Å². The summed E-state index contributed by atoms with van der Waals surface area (Å²) in [6.07, 6.45) is -2.92. The SMILES string of the molecule is C=CC(OP(=O)(O)O[C@@H]1C[C@H](C)O[C@@H]1COC)[C@H]1O[C@@H](n2cc(C)c(=O)[nH]c2=O)C[C@H]1O. The number of nitrogens with one attached hydrogen (secondary N) is 1. The first-order chi connectivity index (χ1) is 15.0. The highest BCUT2D eigenvalue weighted by Crippen LogP contribution is 2.50. The van der Waals surface area contributed by atoms with Crippen molar-refractivity contribution in [2.75, 3.05) is 13.7 Å². The number of methoxy groups -OCH3 is 1. The van der Waals surface area contributed by atoms with Crippen molar-refractivity contribution < 1.29 is 37.8 Å². The summed E-state index contributed by atoms with van der Waals surface area (Å²) in [4.78, 5) is 36.2. The molecule has 0 radical (unpaired) electrons. The van der Waals surface area contributed by atoms with Gasteiger partial charge in [0.05, 0.1) is 18.8 Å². The van der Waals surface area contributed by atoms with Gasteiger partial charge in [-0.1, -0.05) is 6.08 Å². The van der Waals surface area contributed by atoms with Crippen LogP contribution < -0.4 is 11.2 Å². The van der Waals surface area contributed by atoms with Crippen LogP contribution in [-0.4, -0.2) is 69.9 Å². The Morgan fingerprint density at radius 1 is 1.41 bits per heavy atom. The summed E-state index contributed by atoms with van der Waals surface area (Å²) in [7, 11) is -3.13. The molecule has 8 atom stereocenters. The molecule has 32 heavy (non-hydrogen) atoms. The third kappa shape index (κ3) is 5.64. The van der Waals surface area contributed by atoms with Gasteiger partial charge in [0.2, 0.25) is 0 Å². The maximum absolute atomic E-state index is 12.7. The molecule has 2 saturated heterocycles. The van der Waals surface area contributed by atoms with E-state index in [1.165, 1.54) is 26.3 Å². The molecule has 0 aliphatic carbocycles. The van der Waals surface area contributed by atoms with Gasteiger partial charge >= 0.3 is 13.5 Å². The van der Waals surface area contributed by atoms with Gasteiger partial charge in [-0.25, -0.2) is 9.36 Å². The van der Waals surface area contributed by atoms with Gasteiger partial charge in [-0.3, -0.25) is 23.4 Å². The number of nitrogens with zero attached hydrogens (tertiary/aromatic N) is 1. The van der Waals surface area contributed by atoms with E-state index in [9.17, 15) is 24.2 Å². The van der Waals surface area contributed by atoms with Gasteiger partial charge in [0.1, 0.15) is 30.6 Å². The Balaban J connectivity index is 1.70. The van der Waals surface area contributed by atoms with Crippen molar-refractivity contribution in [2.45, 2.75) is 69.5 Å². The molecule has 2 aliphatic rings. The molecule has 3 heterocycles. The Morgan fingerprint density at radius 2 is 2.12 bits per heavy atom. The highest BCUT2D eigenvalue weighted by Gasteiger charge is 2.45. The zero-order chi connectivity index (χ0) is 23.6. The number of aryl methyl sites for hydroxylation is 1. The van der Waals surface area contributed by atoms with Crippen molar-refractivity contribution in [1.29, 1.82) is 0 Å². The lowest BCUT2D eigenvalue weighted by molar-refractivity contribution is -0.0734. The number of phosphoric ester groups is 1. The van der Waals surface area contributed by atoms with Crippen LogP contribution in [0.3, 0.4) is 0 Å². The predicted octanol–water partition coefficient (Wildman–Crippen LogP) is 0.374.